The van der Waals surface area contributed by atoms with Crippen LogP contribution in [0.25, 0.3) is 11.8 Å². The lowest BCUT2D eigenvalue weighted by molar-refractivity contribution is -0.0107. The third-order valence-corrected chi connectivity index (χ3v) is 7.00. The molecule has 2 N–H and O–H groups in total. The zero-order chi connectivity index (χ0) is 16.3. The molecule has 1 aliphatic heterocycles. The van der Waals surface area contributed by atoms with Crippen LogP contribution >= 0.6 is 0 Å². The normalized spacial score (nSPS) is 39.2. The van der Waals surface area contributed by atoms with Gasteiger partial charge in [-0.1, -0.05) is 0 Å². The van der Waals surface area contributed by atoms with E-state index >= 15 is 0 Å². The molecule has 4 bridgehead atoms. The zero-order valence-corrected chi connectivity index (χ0v) is 14.7. The van der Waals surface area contributed by atoms with Crippen molar-refractivity contribution in [2.45, 2.75) is 57.9 Å². The monoisotopic (exact) mass is 321 g/mol. The lowest BCUT2D eigenvalue weighted by Crippen LogP contribution is -2.57. The van der Waals surface area contributed by atoms with Crippen molar-refractivity contribution in [2.24, 2.45) is 22.7 Å². The molecule has 4 aliphatic carbocycles. The van der Waals surface area contributed by atoms with Crippen LogP contribution in [-0.2, 0) is 0 Å². The lowest BCUT2D eigenvalue weighted by atomic mass is 9.53. The third kappa shape index (κ3) is 2.21. The maximum Gasteiger partial charge on any atom is 0.0577 e. The number of aromatic amines is 1. The van der Waals surface area contributed by atoms with E-state index in [0.717, 1.165) is 17.8 Å². The van der Waals surface area contributed by atoms with Crippen LogP contribution in [0.3, 0.4) is 0 Å². The molecule has 24 heavy (non-hydrogen) atoms. The third-order valence-electron chi connectivity index (χ3n) is 7.00. The van der Waals surface area contributed by atoms with E-state index in [0.29, 0.717) is 5.54 Å². The van der Waals surface area contributed by atoms with Gasteiger partial charge in [-0.05, 0) is 87.3 Å². The molecule has 5 aliphatic rings. The summed E-state index contributed by atoms with van der Waals surface area (Å²) in [4.78, 5) is 7.83. The summed E-state index contributed by atoms with van der Waals surface area (Å²) in [5, 5.41) is 6.35. The van der Waals surface area contributed by atoms with Gasteiger partial charge in [0.05, 0.1) is 10.7 Å². The van der Waals surface area contributed by atoms with Crippen molar-refractivity contribution in [3.63, 3.8) is 0 Å². The van der Waals surface area contributed by atoms with Crippen LogP contribution in [0.4, 0.5) is 0 Å². The maximum absolute atomic E-state index is 4.21. The van der Waals surface area contributed by atoms with Gasteiger partial charge in [-0.25, -0.2) is 0 Å². The summed E-state index contributed by atoms with van der Waals surface area (Å²) in [6.45, 7) is 4.43. The number of aromatic nitrogens is 1. The van der Waals surface area contributed by atoms with E-state index in [1.807, 2.05) is 12.4 Å². The fourth-order valence-electron chi connectivity index (χ4n) is 6.09. The van der Waals surface area contributed by atoms with Crippen molar-refractivity contribution >= 4 is 18.0 Å². The summed E-state index contributed by atoms with van der Waals surface area (Å²) in [7, 11) is 0. The Bertz CT molecular complexity index is 803. The van der Waals surface area contributed by atoms with Crippen LogP contribution in [-0.4, -0.2) is 16.7 Å². The Morgan fingerprint density at radius 1 is 1.08 bits per heavy atom. The molecule has 0 atom stereocenters. The van der Waals surface area contributed by atoms with Crippen LogP contribution in [0.15, 0.2) is 17.3 Å². The Balaban J connectivity index is 1.50. The summed E-state index contributed by atoms with van der Waals surface area (Å²) in [5.41, 5.74) is 4.25. The van der Waals surface area contributed by atoms with Crippen LogP contribution in [0, 0.1) is 31.6 Å². The van der Waals surface area contributed by atoms with Gasteiger partial charge in [0.2, 0.25) is 0 Å². The van der Waals surface area contributed by atoms with E-state index in [4.69, 9.17) is 0 Å². The van der Waals surface area contributed by atoms with Gasteiger partial charge in [0.25, 0.3) is 0 Å². The Kier molecular flexibility index (Phi) is 3.10. The standard InChI is InChI=1S/C21H27N3/c1-13-14(2)20(18-3-4-22-11-18)24-19(13)12-23-21-8-15-5-16(9-21)7-17(6-15)10-21/h3-4,11-12,15-17,23-24H,5-10H2,1-2H3. The number of aliphatic imine (C=N–C) groups is 1. The quantitative estimate of drug-likeness (QED) is 0.864. The first kappa shape index (κ1) is 14.6. The van der Waals surface area contributed by atoms with Crippen molar-refractivity contribution in [1.29, 1.82) is 0 Å². The van der Waals surface area contributed by atoms with E-state index in [1.54, 1.807) is 0 Å². The average Bonchev–Trinajstić information content (AvgIpc) is 3.15. The molecule has 3 nitrogen and oxygen atoms in total. The van der Waals surface area contributed by atoms with Gasteiger partial charge in [0.1, 0.15) is 0 Å². The highest BCUT2D eigenvalue weighted by atomic mass is 15.0. The first-order chi connectivity index (χ1) is 11.6. The maximum atomic E-state index is 4.21. The molecule has 6 rings (SSSR count). The predicted octanol–water partition coefficient (Wildman–Crippen LogP) is 2.68. The summed E-state index contributed by atoms with van der Waals surface area (Å²) < 4.78 is 0. The van der Waals surface area contributed by atoms with Gasteiger partial charge in [0.15, 0.2) is 0 Å². The van der Waals surface area contributed by atoms with Crippen LogP contribution < -0.4 is 16.0 Å². The molecule has 1 aromatic heterocycles. The summed E-state index contributed by atoms with van der Waals surface area (Å²) in [6, 6.07) is 0. The van der Waals surface area contributed by atoms with E-state index in [-0.39, 0.29) is 0 Å². The molecule has 0 unspecified atom stereocenters. The van der Waals surface area contributed by atoms with E-state index in [9.17, 15) is 0 Å². The van der Waals surface area contributed by atoms with Gasteiger partial charge in [0, 0.05) is 29.7 Å². The molecule has 3 heteroatoms. The smallest absolute Gasteiger partial charge is 0.0577 e. The minimum atomic E-state index is 0.377. The Morgan fingerprint density at radius 2 is 1.75 bits per heavy atom. The largest absolute Gasteiger partial charge is 0.384 e. The fraction of sp³-hybridized carbons (Fsp3) is 0.571. The van der Waals surface area contributed by atoms with Crippen molar-refractivity contribution in [3.05, 3.63) is 34.1 Å². The van der Waals surface area contributed by atoms with Gasteiger partial charge < -0.3 is 10.3 Å². The first-order valence-corrected chi connectivity index (χ1v) is 9.49. The SMILES string of the molecule is Cc1c(C)c(=C2C=CN=C2)[nH]c1=CNC12CC3CC(CC(C3)C1)C2. The molecule has 0 radical (unpaired) electrons. The van der Waals surface area contributed by atoms with Gasteiger partial charge in [-0.15, -0.1) is 0 Å². The molecule has 0 spiro atoms. The number of nitrogens with one attached hydrogen (secondary N) is 2. The van der Waals surface area contributed by atoms with E-state index in [1.165, 1.54) is 65.9 Å². The highest BCUT2D eigenvalue weighted by Crippen LogP contribution is 2.55. The van der Waals surface area contributed by atoms with Gasteiger partial charge in [-0.3, -0.25) is 4.99 Å². The van der Waals surface area contributed by atoms with Crippen molar-refractivity contribution in [3.8, 4) is 0 Å². The number of H-pyrrole nitrogens is 1. The molecule has 0 amide bonds. The summed E-state index contributed by atoms with van der Waals surface area (Å²) in [6.07, 6.45) is 16.8. The number of allylic oxidation sites excluding steroid dienone is 1. The number of hydrogen-bond acceptors (Lipinski definition) is 2. The fourth-order valence-corrected chi connectivity index (χ4v) is 6.09. The Hall–Kier alpha value is -1.77. The average molecular weight is 321 g/mol. The molecule has 4 fully saturated rings. The van der Waals surface area contributed by atoms with E-state index < -0.39 is 0 Å². The highest BCUT2D eigenvalue weighted by molar-refractivity contribution is 6.08. The molecule has 0 aromatic carbocycles. The molecule has 0 saturated heterocycles. The second kappa shape index (κ2) is 5.11. The molecule has 4 saturated carbocycles. The topological polar surface area (TPSA) is 40.2 Å². The summed E-state index contributed by atoms with van der Waals surface area (Å²) in [5.74, 6) is 2.94. The molecular weight excluding hydrogens is 294 g/mol. The minimum Gasteiger partial charge on any atom is -0.384 e. The van der Waals surface area contributed by atoms with Gasteiger partial charge in [-0.2, -0.15) is 0 Å². The van der Waals surface area contributed by atoms with E-state index in [2.05, 4.69) is 41.4 Å². The minimum absolute atomic E-state index is 0.377. The summed E-state index contributed by atoms with van der Waals surface area (Å²) >= 11 is 0. The Labute approximate surface area is 143 Å². The lowest BCUT2D eigenvalue weighted by Gasteiger charge is -2.56. The molecule has 1 aromatic rings. The number of nitrogens with zero attached hydrogens (tertiary/aromatic N) is 1. The second-order valence-corrected chi connectivity index (χ2v) is 8.70. The number of hydrogen-bond donors (Lipinski definition) is 2. The van der Waals surface area contributed by atoms with Gasteiger partial charge >= 0.3 is 0 Å². The second-order valence-electron chi connectivity index (χ2n) is 8.70. The van der Waals surface area contributed by atoms with Crippen LogP contribution in [0.5, 0.6) is 0 Å². The Morgan fingerprint density at radius 3 is 2.33 bits per heavy atom. The van der Waals surface area contributed by atoms with Crippen molar-refractivity contribution in [2.75, 3.05) is 0 Å². The van der Waals surface area contributed by atoms with Crippen LogP contribution in [0.1, 0.15) is 49.7 Å². The number of rotatable bonds is 2. The molecule has 126 valence electrons. The van der Waals surface area contributed by atoms with Crippen LogP contribution in [0.2, 0.25) is 0 Å². The predicted molar refractivity (Wildman–Crippen MR) is 99.1 cm³/mol. The molecule has 2 heterocycles. The van der Waals surface area contributed by atoms with Crippen molar-refractivity contribution < 1.29 is 0 Å². The molecular formula is C21H27N3. The first-order valence-electron chi connectivity index (χ1n) is 9.49. The highest BCUT2D eigenvalue weighted by Gasteiger charge is 2.50. The zero-order valence-electron chi connectivity index (χ0n) is 14.7. The van der Waals surface area contributed by atoms with Crippen molar-refractivity contribution in [1.82, 2.24) is 10.3 Å².